The molecule has 1 fully saturated rings. The molecule has 0 spiro atoms. The Morgan fingerprint density at radius 3 is 2.67 bits per heavy atom. The van der Waals surface area contributed by atoms with Crippen LogP contribution in [0, 0.1) is 5.92 Å². The summed E-state index contributed by atoms with van der Waals surface area (Å²) in [6.45, 7) is 1.50. The molecule has 2 aromatic carbocycles. The molecule has 7 nitrogen and oxygen atoms in total. The highest BCUT2D eigenvalue weighted by Crippen LogP contribution is 2.35. The summed E-state index contributed by atoms with van der Waals surface area (Å²) in [6, 6.07) is 15.5. The van der Waals surface area contributed by atoms with E-state index in [1.165, 1.54) is 11.8 Å². The number of halogens is 1. The van der Waals surface area contributed by atoms with Gasteiger partial charge in [0.1, 0.15) is 5.52 Å². The number of H-pyrrole nitrogens is 2. The molecule has 0 unspecified atom stereocenters. The summed E-state index contributed by atoms with van der Waals surface area (Å²) in [4.78, 5) is 26.1. The number of benzene rings is 2. The first-order valence-corrected chi connectivity index (χ1v) is 11.9. The van der Waals surface area contributed by atoms with Crippen LogP contribution in [0.4, 0.5) is 0 Å². The third-order valence-corrected chi connectivity index (χ3v) is 7.20. The number of thioether (sulfide) groups is 1. The Bertz CT molecular complexity index is 1550. The normalized spacial score (nSPS) is 14.1. The monoisotopic (exact) mass is 475 g/mol. The minimum absolute atomic E-state index is 0.156. The molecule has 0 aliphatic carbocycles. The first-order chi connectivity index (χ1) is 16.2. The van der Waals surface area contributed by atoms with Crippen LogP contribution in [-0.2, 0) is 4.74 Å². The van der Waals surface area contributed by atoms with Gasteiger partial charge in [0.2, 0.25) is 0 Å². The predicted octanol–water partition coefficient (Wildman–Crippen LogP) is 4.92. The van der Waals surface area contributed by atoms with Gasteiger partial charge in [-0.25, -0.2) is 9.97 Å². The van der Waals surface area contributed by atoms with Gasteiger partial charge in [0.25, 0.3) is 5.56 Å². The number of fused-ring (bicyclic) bond motifs is 2. The van der Waals surface area contributed by atoms with Gasteiger partial charge in [0, 0.05) is 28.2 Å². The van der Waals surface area contributed by atoms with Crippen LogP contribution in [-0.4, -0.2) is 44.1 Å². The number of aromatic nitrogens is 5. The molecule has 5 aromatic rings. The van der Waals surface area contributed by atoms with Gasteiger partial charge >= 0.3 is 0 Å². The molecule has 0 saturated carbocycles. The van der Waals surface area contributed by atoms with Gasteiger partial charge in [-0.05, 0) is 18.2 Å². The first-order valence-electron chi connectivity index (χ1n) is 10.5. The fourth-order valence-electron chi connectivity index (χ4n) is 3.84. The second-order valence-electron chi connectivity index (χ2n) is 7.99. The average Bonchev–Trinajstić information content (AvgIpc) is 3.27. The zero-order valence-corrected chi connectivity index (χ0v) is 18.9. The van der Waals surface area contributed by atoms with Gasteiger partial charge in [-0.3, -0.25) is 9.89 Å². The predicted molar refractivity (Wildman–Crippen MR) is 131 cm³/mol. The molecular formula is C24H18ClN5O2S. The van der Waals surface area contributed by atoms with Crippen LogP contribution in [0.25, 0.3) is 44.6 Å². The summed E-state index contributed by atoms with van der Waals surface area (Å²) in [5.74, 6) is 1.32. The molecule has 33 heavy (non-hydrogen) atoms. The Morgan fingerprint density at radius 1 is 1.06 bits per heavy atom. The second-order valence-corrected chi connectivity index (χ2v) is 9.46. The number of nitrogens with one attached hydrogen (secondary N) is 2. The van der Waals surface area contributed by atoms with E-state index in [0.717, 1.165) is 41.0 Å². The minimum atomic E-state index is -0.156. The van der Waals surface area contributed by atoms with Gasteiger partial charge in [0.15, 0.2) is 5.65 Å². The smallest absolute Gasteiger partial charge is 0.263 e. The van der Waals surface area contributed by atoms with E-state index in [1.54, 1.807) is 6.20 Å². The second kappa shape index (κ2) is 8.30. The zero-order chi connectivity index (χ0) is 22.4. The van der Waals surface area contributed by atoms with Crippen molar-refractivity contribution in [2.45, 2.75) is 4.90 Å². The lowest BCUT2D eigenvalue weighted by Crippen LogP contribution is -2.29. The fourth-order valence-corrected chi connectivity index (χ4v) is 5.10. The molecule has 1 aliphatic heterocycles. The Morgan fingerprint density at radius 2 is 1.88 bits per heavy atom. The summed E-state index contributed by atoms with van der Waals surface area (Å²) < 4.78 is 5.24. The Balaban J connectivity index is 1.54. The highest BCUT2D eigenvalue weighted by molar-refractivity contribution is 7.99. The van der Waals surface area contributed by atoms with E-state index >= 15 is 0 Å². The van der Waals surface area contributed by atoms with Crippen molar-refractivity contribution in [2.75, 3.05) is 19.0 Å². The summed E-state index contributed by atoms with van der Waals surface area (Å²) in [6.07, 6.45) is 1.73. The zero-order valence-electron chi connectivity index (χ0n) is 17.3. The standard InChI is InChI=1S/C24H18ClN5O2S/c25-17-7-15(6-16-9-26-30-20(16)17)22-21(14-4-2-1-3-5-14)28-23-18(27-22)8-19(24(31)29-23)33-12-13-10-32-11-13/h1-9,13H,10-12H2,(H,26,30)(H,28,29,31). The lowest BCUT2D eigenvalue weighted by molar-refractivity contribution is -0.0196. The first kappa shape index (κ1) is 20.4. The Labute approximate surface area is 197 Å². The minimum Gasteiger partial charge on any atom is -0.381 e. The molecule has 0 atom stereocenters. The highest BCUT2D eigenvalue weighted by atomic mass is 35.5. The average molecular weight is 476 g/mol. The molecular weight excluding hydrogens is 458 g/mol. The molecule has 0 bridgehead atoms. The highest BCUT2D eigenvalue weighted by Gasteiger charge is 2.20. The van der Waals surface area contributed by atoms with Crippen molar-refractivity contribution in [3.05, 3.63) is 70.1 Å². The Kier molecular flexibility index (Phi) is 5.13. The molecule has 9 heteroatoms. The molecule has 164 valence electrons. The molecule has 3 aromatic heterocycles. The molecule has 1 aliphatic rings. The van der Waals surface area contributed by atoms with Gasteiger partial charge in [-0.2, -0.15) is 5.10 Å². The molecule has 6 rings (SSSR count). The van der Waals surface area contributed by atoms with E-state index in [9.17, 15) is 4.79 Å². The maximum Gasteiger partial charge on any atom is 0.263 e. The number of pyridine rings is 1. The van der Waals surface area contributed by atoms with Gasteiger partial charge in [0.05, 0.1) is 46.2 Å². The van der Waals surface area contributed by atoms with Gasteiger partial charge < -0.3 is 9.72 Å². The van der Waals surface area contributed by atoms with E-state index < -0.39 is 0 Å². The van der Waals surface area contributed by atoms with Crippen LogP contribution in [0.1, 0.15) is 0 Å². The lowest BCUT2D eigenvalue weighted by Gasteiger charge is -2.25. The number of ether oxygens (including phenoxy) is 1. The van der Waals surface area contributed by atoms with Gasteiger partial charge in [-0.1, -0.05) is 41.9 Å². The molecule has 0 amide bonds. The molecule has 4 heterocycles. The number of hydrogen-bond acceptors (Lipinski definition) is 6. The topological polar surface area (TPSA) is 96.6 Å². The van der Waals surface area contributed by atoms with E-state index in [0.29, 0.717) is 38.4 Å². The Hall–Kier alpha value is -3.20. The summed E-state index contributed by atoms with van der Waals surface area (Å²) in [5.41, 5.74) is 4.78. The molecule has 1 saturated heterocycles. The SMILES string of the molecule is O=c1[nH]c2nc(-c3ccccc3)c(-c3cc(Cl)c4[nH]ncc4c3)nc2cc1SCC1COC1. The quantitative estimate of drug-likeness (QED) is 0.350. The van der Waals surface area contributed by atoms with E-state index in [1.807, 2.05) is 48.5 Å². The van der Waals surface area contributed by atoms with Crippen molar-refractivity contribution in [2.24, 2.45) is 5.92 Å². The van der Waals surface area contributed by atoms with Crippen LogP contribution < -0.4 is 5.56 Å². The van der Waals surface area contributed by atoms with Crippen molar-refractivity contribution in [1.29, 1.82) is 0 Å². The summed E-state index contributed by atoms with van der Waals surface area (Å²) in [5, 5.41) is 8.46. The fraction of sp³-hybridized carbons (Fsp3) is 0.167. The molecule has 2 N–H and O–H groups in total. The van der Waals surface area contributed by atoms with E-state index in [4.69, 9.17) is 26.3 Å². The van der Waals surface area contributed by atoms with Crippen molar-refractivity contribution in [3.8, 4) is 22.5 Å². The maximum absolute atomic E-state index is 12.7. The van der Waals surface area contributed by atoms with Crippen LogP contribution in [0.5, 0.6) is 0 Å². The number of rotatable bonds is 5. The third-order valence-electron chi connectivity index (χ3n) is 5.65. The number of hydrogen-bond donors (Lipinski definition) is 2. The van der Waals surface area contributed by atoms with Crippen LogP contribution in [0.2, 0.25) is 5.02 Å². The van der Waals surface area contributed by atoms with Crippen molar-refractivity contribution in [3.63, 3.8) is 0 Å². The number of nitrogens with zero attached hydrogens (tertiary/aromatic N) is 3. The molecule has 0 radical (unpaired) electrons. The van der Waals surface area contributed by atoms with Crippen LogP contribution >= 0.6 is 23.4 Å². The summed E-state index contributed by atoms with van der Waals surface area (Å²) in [7, 11) is 0. The van der Waals surface area contributed by atoms with Crippen molar-refractivity contribution < 1.29 is 4.74 Å². The third kappa shape index (κ3) is 3.80. The van der Waals surface area contributed by atoms with Crippen molar-refractivity contribution >= 4 is 45.4 Å². The summed E-state index contributed by atoms with van der Waals surface area (Å²) >= 11 is 8.05. The van der Waals surface area contributed by atoms with E-state index in [-0.39, 0.29) is 5.56 Å². The van der Waals surface area contributed by atoms with Crippen molar-refractivity contribution in [1.82, 2.24) is 25.1 Å². The largest absolute Gasteiger partial charge is 0.381 e. The maximum atomic E-state index is 12.7. The van der Waals surface area contributed by atoms with Crippen LogP contribution in [0.3, 0.4) is 0 Å². The lowest BCUT2D eigenvalue weighted by atomic mass is 10.0. The number of aromatic amines is 2. The van der Waals surface area contributed by atoms with Gasteiger partial charge in [-0.15, -0.1) is 11.8 Å². The van der Waals surface area contributed by atoms with Crippen LogP contribution in [0.15, 0.2) is 64.4 Å². The van der Waals surface area contributed by atoms with E-state index in [2.05, 4.69) is 15.2 Å².